The van der Waals surface area contributed by atoms with Crippen molar-refractivity contribution in [2.75, 3.05) is 13.7 Å². The van der Waals surface area contributed by atoms with Crippen LogP contribution >= 0.6 is 15.9 Å². The average molecular weight is 316 g/mol. The summed E-state index contributed by atoms with van der Waals surface area (Å²) in [5, 5.41) is 11.3. The highest BCUT2D eigenvalue weighted by molar-refractivity contribution is 9.10. The van der Waals surface area contributed by atoms with Crippen LogP contribution in [0.2, 0.25) is 0 Å². The van der Waals surface area contributed by atoms with Crippen molar-refractivity contribution in [2.24, 2.45) is 0 Å². The number of ether oxygens (including phenoxy) is 1. The molecule has 1 unspecified atom stereocenters. The first-order chi connectivity index (χ1) is 8.45. The summed E-state index contributed by atoms with van der Waals surface area (Å²) in [7, 11) is 1.29. The van der Waals surface area contributed by atoms with Crippen LogP contribution in [0.5, 0.6) is 0 Å². The molecule has 1 rings (SSSR count). The van der Waals surface area contributed by atoms with Crippen molar-refractivity contribution < 1.29 is 19.4 Å². The van der Waals surface area contributed by atoms with E-state index in [0.717, 1.165) is 10.0 Å². The minimum absolute atomic E-state index is 0.0693. The average Bonchev–Trinajstić information content (AvgIpc) is 2.28. The first kappa shape index (κ1) is 14.7. The predicted molar refractivity (Wildman–Crippen MR) is 69.6 cm³/mol. The van der Waals surface area contributed by atoms with E-state index >= 15 is 0 Å². The van der Waals surface area contributed by atoms with Crippen molar-refractivity contribution in [3.8, 4) is 0 Å². The number of aliphatic carboxylic acids is 1. The Labute approximate surface area is 113 Å². The fourth-order valence-corrected chi connectivity index (χ4v) is 1.91. The zero-order chi connectivity index (χ0) is 13.7. The molecule has 0 fully saturated rings. The summed E-state index contributed by atoms with van der Waals surface area (Å²) in [6, 6.07) is 5.25. The van der Waals surface area contributed by atoms with Gasteiger partial charge in [0.1, 0.15) is 0 Å². The molecule has 0 saturated carbocycles. The number of carboxylic acids is 1. The Morgan fingerprint density at radius 1 is 1.50 bits per heavy atom. The van der Waals surface area contributed by atoms with Gasteiger partial charge in [0.25, 0.3) is 5.91 Å². The number of benzene rings is 1. The minimum atomic E-state index is -1.11. The molecule has 2 N–H and O–H groups in total. The summed E-state index contributed by atoms with van der Waals surface area (Å²) >= 11 is 3.31. The Morgan fingerprint density at radius 3 is 2.67 bits per heavy atom. The van der Waals surface area contributed by atoms with Gasteiger partial charge < -0.3 is 15.2 Å². The minimum Gasteiger partial charge on any atom is -0.479 e. The first-order valence-corrected chi connectivity index (χ1v) is 6.05. The van der Waals surface area contributed by atoms with Gasteiger partial charge in [-0.2, -0.15) is 0 Å². The number of aryl methyl sites for hydroxylation is 1. The lowest BCUT2D eigenvalue weighted by Crippen LogP contribution is -2.38. The van der Waals surface area contributed by atoms with E-state index < -0.39 is 12.1 Å². The largest absolute Gasteiger partial charge is 0.479 e. The molecular formula is C12H14BrNO4. The summed E-state index contributed by atoms with van der Waals surface area (Å²) in [4.78, 5) is 22.6. The van der Waals surface area contributed by atoms with Gasteiger partial charge in [-0.05, 0) is 30.7 Å². The zero-order valence-electron chi connectivity index (χ0n) is 10.1. The SMILES string of the molecule is COC(CNC(=O)c1ccc(Br)cc1C)C(=O)O. The molecule has 0 bridgehead atoms. The normalized spacial score (nSPS) is 11.9. The van der Waals surface area contributed by atoms with Crippen LogP contribution in [-0.2, 0) is 9.53 Å². The number of hydrogen-bond acceptors (Lipinski definition) is 3. The van der Waals surface area contributed by atoms with E-state index in [2.05, 4.69) is 21.2 Å². The second-order valence-electron chi connectivity index (χ2n) is 3.73. The van der Waals surface area contributed by atoms with Crippen molar-refractivity contribution in [2.45, 2.75) is 13.0 Å². The molecule has 0 saturated heterocycles. The molecule has 6 heteroatoms. The monoisotopic (exact) mass is 315 g/mol. The number of carboxylic acid groups (broad SMARTS) is 1. The summed E-state index contributed by atoms with van der Waals surface area (Å²) in [6.45, 7) is 1.74. The number of nitrogens with one attached hydrogen (secondary N) is 1. The van der Waals surface area contributed by atoms with Crippen LogP contribution in [0.25, 0.3) is 0 Å². The molecule has 1 amide bonds. The van der Waals surface area contributed by atoms with E-state index in [4.69, 9.17) is 9.84 Å². The number of carbonyl (C=O) groups is 2. The summed E-state index contributed by atoms with van der Waals surface area (Å²) in [5.74, 6) is -1.42. The molecule has 1 aromatic carbocycles. The third-order valence-corrected chi connectivity index (χ3v) is 2.93. The van der Waals surface area contributed by atoms with Gasteiger partial charge in [-0.25, -0.2) is 4.79 Å². The van der Waals surface area contributed by atoms with Crippen LogP contribution in [0.4, 0.5) is 0 Å². The standard InChI is InChI=1S/C12H14BrNO4/c1-7-5-8(13)3-4-9(7)11(15)14-6-10(18-2)12(16)17/h3-5,10H,6H2,1-2H3,(H,14,15)(H,16,17). The zero-order valence-corrected chi connectivity index (χ0v) is 11.7. The van der Waals surface area contributed by atoms with Crippen LogP contribution in [0, 0.1) is 6.92 Å². The third kappa shape index (κ3) is 3.82. The van der Waals surface area contributed by atoms with Gasteiger partial charge in [0.05, 0.1) is 6.54 Å². The second kappa shape index (κ2) is 6.51. The Bertz CT molecular complexity index is 461. The molecule has 1 aromatic rings. The van der Waals surface area contributed by atoms with Crippen molar-refractivity contribution in [3.05, 3.63) is 33.8 Å². The van der Waals surface area contributed by atoms with Crippen LogP contribution in [0.1, 0.15) is 15.9 Å². The topological polar surface area (TPSA) is 75.6 Å². The Kier molecular flexibility index (Phi) is 5.30. The Morgan fingerprint density at radius 2 is 2.17 bits per heavy atom. The molecule has 0 aromatic heterocycles. The lowest BCUT2D eigenvalue weighted by Gasteiger charge is -2.12. The van der Waals surface area contributed by atoms with Gasteiger partial charge in [0.2, 0.25) is 0 Å². The lowest BCUT2D eigenvalue weighted by molar-refractivity contribution is -0.147. The van der Waals surface area contributed by atoms with E-state index in [1.807, 2.05) is 13.0 Å². The maximum Gasteiger partial charge on any atom is 0.334 e. The number of hydrogen-bond donors (Lipinski definition) is 2. The fraction of sp³-hybridized carbons (Fsp3) is 0.333. The van der Waals surface area contributed by atoms with Gasteiger partial charge in [-0.15, -0.1) is 0 Å². The number of halogens is 1. The molecule has 98 valence electrons. The fourth-order valence-electron chi connectivity index (χ4n) is 1.43. The van der Waals surface area contributed by atoms with Crippen LogP contribution < -0.4 is 5.32 Å². The van der Waals surface area contributed by atoms with Gasteiger partial charge in [0.15, 0.2) is 6.10 Å². The summed E-state index contributed by atoms with van der Waals surface area (Å²) < 4.78 is 5.61. The highest BCUT2D eigenvalue weighted by Crippen LogP contribution is 2.15. The van der Waals surface area contributed by atoms with Gasteiger partial charge >= 0.3 is 5.97 Å². The Balaban J connectivity index is 2.68. The molecule has 5 nitrogen and oxygen atoms in total. The Hall–Kier alpha value is -1.40. The molecule has 18 heavy (non-hydrogen) atoms. The van der Waals surface area contributed by atoms with Crippen molar-refractivity contribution in [1.29, 1.82) is 0 Å². The third-order valence-electron chi connectivity index (χ3n) is 2.44. The smallest absolute Gasteiger partial charge is 0.334 e. The van der Waals surface area contributed by atoms with E-state index in [-0.39, 0.29) is 12.5 Å². The number of methoxy groups -OCH3 is 1. The number of amides is 1. The lowest BCUT2D eigenvalue weighted by atomic mass is 10.1. The molecule has 0 aliphatic heterocycles. The molecular weight excluding hydrogens is 302 g/mol. The van der Waals surface area contributed by atoms with E-state index in [1.165, 1.54) is 7.11 Å². The van der Waals surface area contributed by atoms with E-state index in [0.29, 0.717) is 5.56 Å². The number of rotatable bonds is 5. The highest BCUT2D eigenvalue weighted by atomic mass is 79.9. The van der Waals surface area contributed by atoms with E-state index in [1.54, 1.807) is 12.1 Å². The first-order valence-electron chi connectivity index (χ1n) is 5.25. The number of carbonyl (C=O) groups excluding carboxylic acids is 1. The maximum absolute atomic E-state index is 11.8. The van der Waals surface area contributed by atoms with Crippen molar-refractivity contribution >= 4 is 27.8 Å². The van der Waals surface area contributed by atoms with Crippen LogP contribution in [-0.4, -0.2) is 36.7 Å². The van der Waals surface area contributed by atoms with E-state index in [9.17, 15) is 9.59 Å². The molecule has 1 atom stereocenters. The van der Waals surface area contributed by atoms with Crippen LogP contribution in [0.3, 0.4) is 0 Å². The van der Waals surface area contributed by atoms with Gasteiger partial charge in [0, 0.05) is 17.1 Å². The molecule has 0 aliphatic rings. The van der Waals surface area contributed by atoms with Gasteiger partial charge in [-0.1, -0.05) is 15.9 Å². The second-order valence-corrected chi connectivity index (χ2v) is 4.65. The molecule has 0 radical (unpaired) electrons. The van der Waals surface area contributed by atoms with Gasteiger partial charge in [-0.3, -0.25) is 4.79 Å². The quantitative estimate of drug-likeness (QED) is 0.865. The maximum atomic E-state index is 11.8. The highest BCUT2D eigenvalue weighted by Gasteiger charge is 2.18. The summed E-state index contributed by atoms with van der Waals surface area (Å²) in [6.07, 6.45) is -1.04. The predicted octanol–water partition coefficient (Wildman–Crippen LogP) is 1.59. The van der Waals surface area contributed by atoms with Crippen LogP contribution in [0.15, 0.2) is 22.7 Å². The molecule has 0 aliphatic carbocycles. The molecule has 0 heterocycles. The summed E-state index contributed by atoms with van der Waals surface area (Å²) in [5.41, 5.74) is 1.32. The van der Waals surface area contributed by atoms with Crippen molar-refractivity contribution in [1.82, 2.24) is 5.32 Å². The van der Waals surface area contributed by atoms with Crippen molar-refractivity contribution in [3.63, 3.8) is 0 Å². The molecule has 0 spiro atoms.